The molecule has 0 bridgehead atoms. The van der Waals surface area contributed by atoms with E-state index >= 15 is 0 Å². The lowest BCUT2D eigenvalue weighted by Gasteiger charge is -2.14. The van der Waals surface area contributed by atoms with Crippen LogP contribution in [0.15, 0.2) is 47.5 Å². The minimum absolute atomic E-state index is 0.00591. The molecule has 1 atom stereocenters. The maximum atomic E-state index is 12.3. The van der Waals surface area contributed by atoms with E-state index < -0.39 is 24.1 Å². The first-order valence-electron chi connectivity index (χ1n) is 10.0. The van der Waals surface area contributed by atoms with Gasteiger partial charge in [0.05, 0.1) is 25.9 Å². The van der Waals surface area contributed by atoms with Crippen molar-refractivity contribution in [2.45, 2.75) is 25.5 Å². The summed E-state index contributed by atoms with van der Waals surface area (Å²) < 4.78 is 11.1. The lowest BCUT2D eigenvalue weighted by atomic mass is 10.1. The molecule has 174 valence electrons. The summed E-state index contributed by atoms with van der Waals surface area (Å²) in [5.74, 6) is -1.78. The van der Waals surface area contributed by atoms with Gasteiger partial charge in [0.25, 0.3) is 0 Å². The second kappa shape index (κ2) is 10.4. The quantitative estimate of drug-likeness (QED) is 0.301. The van der Waals surface area contributed by atoms with E-state index in [4.69, 9.17) is 31.2 Å². The van der Waals surface area contributed by atoms with Crippen molar-refractivity contribution in [3.8, 4) is 5.75 Å². The minimum Gasteiger partial charge on any atom is -0.490 e. The summed E-state index contributed by atoms with van der Waals surface area (Å²) in [6.45, 7) is 0.602. The molecule has 0 radical (unpaired) electrons. The molecule has 1 unspecified atom stereocenters. The van der Waals surface area contributed by atoms with Gasteiger partial charge in [-0.25, -0.2) is 9.79 Å². The molecule has 0 aromatic heterocycles. The number of nitrogens with zero attached hydrogens (tertiary/aromatic N) is 2. The van der Waals surface area contributed by atoms with Gasteiger partial charge in [-0.3, -0.25) is 14.5 Å². The van der Waals surface area contributed by atoms with E-state index in [9.17, 15) is 14.4 Å². The number of rotatable bonds is 10. The molecule has 0 saturated carbocycles. The van der Waals surface area contributed by atoms with Crippen LogP contribution in [0.2, 0.25) is 0 Å². The summed E-state index contributed by atoms with van der Waals surface area (Å²) in [5, 5.41) is 18.1. The zero-order valence-corrected chi connectivity index (χ0v) is 17.6. The highest BCUT2D eigenvalue weighted by Crippen LogP contribution is 2.24. The van der Waals surface area contributed by atoms with Crippen LogP contribution >= 0.6 is 0 Å². The Hall–Kier alpha value is -4.28. The molecule has 1 aliphatic rings. The molecule has 11 nitrogen and oxygen atoms in total. The first-order valence-corrected chi connectivity index (χ1v) is 10.0. The fraction of sp³-hybridized carbons (Fsp3) is 0.273. The largest absolute Gasteiger partial charge is 0.490 e. The highest BCUT2D eigenvalue weighted by atomic mass is 16.6. The van der Waals surface area contributed by atoms with Crippen LogP contribution in [0.3, 0.4) is 0 Å². The Balaban J connectivity index is 1.63. The van der Waals surface area contributed by atoms with Gasteiger partial charge in [-0.1, -0.05) is 18.2 Å². The van der Waals surface area contributed by atoms with Gasteiger partial charge in [-0.2, -0.15) is 0 Å². The molecular formula is C22H24N4O7. The highest BCUT2D eigenvalue weighted by Gasteiger charge is 2.32. The monoisotopic (exact) mass is 456 g/mol. The van der Waals surface area contributed by atoms with Gasteiger partial charge in [-0.05, 0) is 41.0 Å². The number of benzene rings is 2. The molecule has 2 aromatic rings. The lowest BCUT2D eigenvalue weighted by molar-refractivity contribution is -0.137. The van der Waals surface area contributed by atoms with Crippen LogP contribution in [0.5, 0.6) is 5.75 Å². The number of ether oxygens (including phenoxy) is 2. The second-order valence-corrected chi connectivity index (χ2v) is 7.46. The highest BCUT2D eigenvalue weighted by molar-refractivity contribution is 5.89. The van der Waals surface area contributed by atoms with Gasteiger partial charge in [-0.15, -0.1) is 0 Å². The minimum atomic E-state index is -1.04. The molecule has 33 heavy (non-hydrogen) atoms. The van der Waals surface area contributed by atoms with Crippen molar-refractivity contribution >= 4 is 29.7 Å². The van der Waals surface area contributed by atoms with Crippen LogP contribution < -0.4 is 21.1 Å². The fourth-order valence-electron chi connectivity index (χ4n) is 3.34. The SMILES string of the molecule is NC(N)=NCc1ccc(N2CC(COc3cc(CC(=O)O)cc(CC(=O)O)c3)OC2=O)cc1. The average molecular weight is 456 g/mol. The Kier molecular flexibility index (Phi) is 7.34. The lowest BCUT2D eigenvalue weighted by Crippen LogP contribution is -2.26. The third kappa shape index (κ3) is 6.86. The molecule has 1 amide bonds. The Bertz CT molecular complexity index is 1030. The Morgan fingerprint density at radius 2 is 1.64 bits per heavy atom. The third-order valence-corrected chi connectivity index (χ3v) is 4.74. The van der Waals surface area contributed by atoms with Crippen molar-refractivity contribution in [3.63, 3.8) is 0 Å². The first kappa shape index (κ1) is 23.4. The summed E-state index contributed by atoms with van der Waals surface area (Å²) >= 11 is 0. The first-order chi connectivity index (χ1) is 15.7. The zero-order valence-electron chi connectivity index (χ0n) is 17.6. The van der Waals surface area contributed by atoms with E-state index in [1.54, 1.807) is 24.3 Å². The maximum Gasteiger partial charge on any atom is 0.414 e. The fourth-order valence-corrected chi connectivity index (χ4v) is 3.34. The van der Waals surface area contributed by atoms with E-state index in [-0.39, 0.29) is 32.0 Å². The number of nitrogens with two attached hydrogens (primary N) is 2. The Morgan fingerprint density at radius 1 is 1.03 bits per heavy atom. The molecule has 0 spiro atoms. The number of carboxylic acid groups (broad SMARTS) is 2. The number of carbonyl (C=O) groups is 3. The van der Waals surface area contributed by atoms with Crippen molar-refractivity contribution in [3.05, 3.63) is 59.2 Å². The maximum absolute atomic E-state index is 12.3. The normalized spacial score (nSPS) is 15.1. The molecule has 6 N–H and O–H groups in total. The van der Waals surface area contributed by atoms with Crippen LogP contribution in [0.25, 0.3) is 0 Å². The van der Waals surface area contributed by atoms with Crippen LogP contribution in [0, 0.1) is 0 Å². The number of carboxylic acids is 2. The molecule has 1 aliphatic heterocycles. The number of aliphatic carboxylic acids is 2. The van der Waals surface area contributed by atoms with Crippen molar-refractivity contribution in [2.75, 3.05) is 18.1 Å². The molecule has 0 aliphatic carbocycles. The summed E-state index contributed by atoms with van der Waals surface area (Å²) in [4.78, 5) is 39.8. The van der Waals surface area contributed by atoms with Crippen LogP contribution in [0.4, 0.5) is 10.5 Å². The number of hydrogen-bond donors (Lipinski definition) is 4. The summed E-state index contributed by atoms with van der Waals surface area (Å²) in [5.41, 5.74) is 13.0. The Labute approximate surface area is 189 Å². The molecular weight excluding hydrogens is 432 g/mol. The van der Waals surface area contributed by atoms with Gasteiger partial charge in [0.2, 0.25) is 0 Å². The number of amides is 1. The van der Waals surface area contributed by atoms with Crippen molar-refractivity contribution in [2.24, 2.45) is 16.5 Å². The smallest absolute Gasteiger partial charge is 0.414 e. The number of cyclic esters (lactones) is 1. The summed E-state index contributed by atoms with van der Waals surface area (Å²) in [6.07, 6.45) is -1.62. The van der Waals surface area contributed by atoms with Gasteiger partial charge < -0.3 is 31.2 Å². The molecule has 1 heterocycles. The standard InChI is InChI=1S/C22H24N4O7/c23-21(24)25-10-13-1-3-16(4-2-13)26-11-18(33-22(26)31)12-32-17-6-14(8-19(27)28)5-15(7-17)9-20(29)30/h1-7,18H,8-12H2,(H,27,28)(H,29,30)(H4,23,24,25). The molecule has 1 fully saturated rings. The van der Waals surface area contributed by atoms with Crippen LogP contribution in [0.1, 0.15) is 16.7 Å². The van der Waals surface area contributed by atoms with E-state index in [0.717, 1.165) is 5.56 Å². The number of aliphatic imine (C=N–C) groups is 1. The van der Waals surface area contributed by atoms with Crippen LogP contribution in [-0.4, -0.2) is 53.5 Å². The molecule has 3 rings (SSSR count). The number of carbonyl (C=O) groups excluding carboxylic acids is 1. The van der Waals surface area contributed by atoms with Gasteiger partial charge >= 0.3 is 18.0 Å². The zero-order chi connectivity index (χ0) is 24.0. The van der Waals surface area contributed by atoms with E-state index in [1.165, 1.54) is 23.1 Å². The van der Waals surface area contributed by atoms with E-state index in [1.807, 2.05) is 0 Å². The molecule has 2 aromatic carbocycles. The molecule has 1 saturated heterocycles. The number of hydrogen-bond acceptors (Lipinski definition) is 6. The van der Waals surface area contributed by atoms with Crippen LogP contribution in [-0.2, 0) is 33.7 Å². The molecule has 11 heteroatoms. The predicted octanol–water partition coefficient (Wildman–Crippen LogP) is 1.12. The van der Waals surface area contributed by atoms with Crippen molar-refractivity contribution in [1.29, 1.82) is 0 Å². The predicted molar refractivity (Wildman–Crippen MR) is 118 cm³/mol. The van der Waals surface area contributed by atoms with Gasteiger partial charge in [0.15, 0.2) is 12.1 Å². The van der Waals surface area contributed by atoms with E-state index in [2.05, 4.69) is 4.99 Å². The Morgan fingerprint density at radius 3 is 2.18 bits per heavy atom. The topological polar surface area (TPSA) is 178 Å². The summed E-state index contributed by atoms with van der Waals surface area (Å²) in [6, 6.07) is 11.7. The third-order valence-electron chi connectivity index (χ3n) is 4.74. The van der Waals surface area contributed by atoms with Gasteiger partial charge in [0.1, 0.15) is 12.4 Å². The van der Waals surface area contributed by atoms with E-state index in [0.29, 0.717) is 29.1 Å². The van der Waals surface area contributed by atoms with Crippen molar-refractivity contribution in [1.82, 2.24) is 0 Å². The van der Waals surface area contributed by atoms with Gasteiger partial charge in [0, 0.05) is 5.69 Å². The van der Waals surface area contributed by atoms with Crippen molar-refractivity contribution < 1.29 is 34.1 Å². The average Bonchev–Trinajstić information content (AvgIpc) is 3.10. The summed E-state index contributed by atoms with van der Waals surface area (Å²) in [7, 11) is 0. The second-order valence-electron chi connectivity index (χ2n) is 7.46. The number of anilines is 1. The number of guanidine groups is 1.